The zero-order valence-corrected chi connectivity index (χ0v) is 12.5. The molecular weight excluding hydrogens is 301 g/mol. The number of carbonyl (C=O) groups excluding carboxylic acids is 1. The Balaban J connectivity index is 0.000001000. The number of anilines is 1. The smallest absolute Gasteiger partial charge is 0.273 e. The first-order valence-electron chi connectivity index (χ1n) is 6.36. The summed E-state index contributed by atoms with van der Waals surface area (Å²) < 4.78 is 0. The summed E-state index contributed by atoms with van der Waals surface area (Å²) in [7, 11) is 0. The van der Waals surface area contributed by atoms with Gasteiger partial charge in [-0.25, -0.2) is 9.97 Å². The van der Waals surface area contributed by atoms with Crippen LogP contribution in [0.4, 0.5) is 5.82 Å². The van der Waals surface area contributed by atoms with E-state index < -0.39 is 0 Å². The summed E-state index contributed by atoms with van der Waals surface area (Å²) in [6.45, 7) is 0. The Labute approximate surface area is 130 Å². The monoisotopic (exact) mass is 319 g/mol. The maximum absolute atomic E-state index is 12.1. The number of nitrogens with two attached hydrogens (primary N) is 1. The van der Waals surface area contributed by atoms with Crippen molar-refractivity contribution in [2.75, 3.05) is 5.73 Å². The van der Waals surface area contributed by atoms with Crippen LogP contribution in [-0.4, -0.2) is 34.0 Å². The second kappa shape index (κ2) is 7.06. The van der Waals surface area contributed by atoms with E-state index in [2.05, 4.69) is 20.6 Å². The SMILES string of the molecule is Cl.Cl.Nc1nccnc1C(=O)NC1CC2CCC(C1)N2. The zero-order chi connectivity index (χ0) is 12.5. The van der Waals surface area contributed by atoms with Crippen molar-refractivity contribution in [3.63, 3.8) is 0 Å². The van der Waals surface area contributed by atoms with E-state index in [4.69, 9.17) is 5.73 Å². The number of aromatic nitrogens is 2. The largest absolute Gasteiger partial charge is 0.382 e. The quantitative estimate of drug-likeness (QED) is 0.753. The third-order valence-electron chi connectivity index (χ3n) is 3.75. The molecule has 8 heteroatoms. The molecule has 0 spiro atoms. The molecule has 20 heavy (non-hydrogen) atoms. The molecule has 3 heterocycles. The van der Waals surface area contributed by atoms with Crippen molar-refractivity contribution in [3.05, 3.63) is 18.1 Å². The number of fused-ring (bicyclic) bond motifs is 2. The highest BCUT2D eigenvalue weighted by Gasteiger charge is 2.34. The summed E-state index contributed by atoms with van der Waals surface area (Å²) in [4.78, 5) is 19.9. The van der Waals surface area contributed by atoms with Crippen LogP contribution in [-0.2, 0) is 0 Å². The fraction of sp³-hybridized carbons (Fsp3) is 0.583. The molecule has 0 aliphatic carbocycles. The first-order valence-corrected chi connectivity index (χ1v) is 6.36. The number of hydrogen-bond acceptors (Lipinski definition) is 5. The van der Waals surface area contributed by atoms with Crippen LogP contribution in [0.5, 0.6) is 0 Å². The minimum atomic E-state index is -0.216. The normalized spacial score (nSPS) is 27.1. The molecule has 2 bridgehead atoms. The third kappa shape index (κ3) is 3.50. The highest BCUT2D eigenvalue weighted by Crippen LogP contribution is 2.26. The van der Waals surface area contributed by atoms with Gasteiger partial charge in [0.05, 0.1) is 0 Å². The highest BCUT2D eigenvalue weighted by atomic mass is 35.5. The van der Waals surface area contributed by atoms with E-state index in [-0.39, 0.29) is 48.3 Å². The van der Waals surface area contributed by atoms with Crippen molar-refractivity contribution >= 4 is 36.5 Å². The molecule has 2 unspecified atom stereocenters. The maximum Gasteiger partial charge on any atom is 0.273 e. The van der Waals surface area contributed by atoms with Crippen LogP contribution in [0.3, 0.4) is 0 Å². The highest BCUT2D eigenvalue weighted by molar-refractivity contribution is 5.96. The molecule has 3 rings (SSSR count). The standard InChI is InChI=1S/C12H17N5O.2ClH/c13-11-10(14-3-4-15-11)12(18)17-9-5-7-1-2-8(6-9)16-7;;/h3-4,7-9,16H,1-2,5-6H2,(H2,13,15)(H,17,18);2*1H. The van der Waals surface area contributed by atoms with Gasteiger partial charge in [-0.2, -0.15) is 0 Å². The summed E-state index contributed by atoms with van der Waals surface area (Å²) in [5, 5.41) is 6.56. The van der Waals surface area contributed by atoms with Crippen molar-refractivity contribution in [1.82, 2.24) is 20.6 Å². The van der Waals surface area contributed by atoms with Gasteiger partial charge in [0.2, 0.25) is 0 Å². The third-order valence-corrected chi connectivity index (χ3v) is 3.75. The first-order chi connectivity index (χ1) is 8.72. The first kappa shape index (κ1) is 16.9. The molecule has 4 N–H and O–H groups in total. The van der Waals surface area contributed by atoms with Gasteiger partial charge in [-0.05, 0) is 25.7 Å². The fourth-order valence-corrected chi connectivity index (χ4v) is 2.95. The van der Waals surface area contributed by atoms with E-state index in [1.165, 1.54) is 25.2 Å². The van der Waals surface area contributed by atoms with E-state index in [1.54, 1.807) is 0 Å². The summed E-state index contributed by atoms with van der Waals surface area (Å²) in [6, 6.07) is 1.32. The summed E-state index contributed by atoms with van der Waals surface area (Å²) in [5.74, 6) is -0.0289. The average Bonchev–Trinajstić information content (AvgIpc) is 2.69. The van der Waals surface area contributed by atoms with Crippen LogP contribution in [0.25, 0.3) is 0 Å². The van der Waals surface area contributed by atoms with E-state index in [1.807, 2.05) is 0 Å². The Morgan fingerprint density at radius 2 is 1.80 bits per heavy atom. The van der Waals surface area contributed by atoms with Gasteiger partial charge in [-0.1, -0.05) is 0 Å². The van der Waals surface area contributed by atoms with E-state index in [9.17, 15) is 4.79 Å². The number of amides is 1. The van der Waals surface area contributed by atoms with Crippen molar-refractivity contribution < 1.29 is 4.79 Å². The van der Waals surface area contributed by atoms with Gasteiger partial charge < -0.3 is 16.4 Å². The molecule has 2 aliphatic heterocycles. The van der Waals surface area contributed by atoms with Crippen molar-refractivity contribution in [2.24, 2.45) is 0 Å². The van der Waals surface area contributed by atoms with Gasteiger partial charge in [-0.3, -0.25) is 4.79 Å². The number of carbonyl (C=O) groups is 1. The molecule has 112 valence electrons. The molecule has 2 atom stereocenters. The van der Waals surface area contributed by atoms with Gasteiger partial charge in [0, 0.05) is 30.5 Å². The minimum Gasteiger partial charge on any atom is -0.382 e. The van der Waals surface area contributed by atoms with Gasteiger partial charge >= 0.3 is 0 Å². The molecule has 1 aromatic heterocycles. The summed E-state index contributed by atoms with van der Waals surface area (Å²) in [6.07, 6.45) is 7.37. The predicted molar refractivity (Wildman–Crippen MR) is 81.4 cm³/mol. The fourth-order valence-electron chi connectivity index (χ4n) is 2.95. The van der Waals surface area contributed by atoms with Crippen LogP contribution in [0.2, 0.25) is 0 Å². The lowest BCUT2D eigenvalue weighted by atomic mass is 10.00. The Bertz CT molecular complexity index is 461. The van der Waals surface area contributed by atoms with Gasteiger partial charge in [0.15, 0.2) is 11.5 Å². The lowest BCUT2D eigenvalue weighted by Crippen LogP contribution is -2.48. The Morgan fingerprint density at radius 1 is 1.20 bits per heavy atom. The summed E-state index contributed by atoms with van der Waals surface area (Å²) >= 11 is 0. The molecule has 6 nitrogen and oxygen atoms in total. The lowest BCUT2D eigenvalue weighted by Gasteiger charge is -2.29. The molecule has 2 aliphatic rings. The van der Waals surface area contributed by atoms with E-state index in [0.29, 0.717) is 12.1 Å². The lowest BCUT2D eigenvalue weighted by molar-refractivity contribution is 0.0919. The Kier molecular flexibility index (Phi) is 5.98. The van der Waals surface area contributed by atoms with E-state index in [0.717, 1.165) is 12.8 Å². The molecule has 1 aromatic rings. The average molecular weight is 320 g/mol. The molecular formula is C12H19Cl2N5O. The van der Waals surface area contributed by atoms with Crippen LogP contribution >= 0.6 is 24.8 Å². The Morgan fingerprint density at radius 3 is 2.40 bits per heavy atom. The minimum absolute atomic E-state index is 0. The number of nitrogens with zero attached hydrogens (tertiary/aromatic N) is 2. The topological polar surface area (TPSA) is 92.9 Å². The van der Waals surface area contributed by atoms with Gasteiger partial charge in [0.25, 0.3) is 5.91 Å². The second-order valence-corrected chi connectivity index (χ2v) is 5.07. The Hall–Kier alpha value is -1.11. The molecule has 2 fully saturated rings. The van der Waals surface area contributed by atoms with E-state index >= 15 is 0 Å². The van der Waals surface area contributed by atoms with Crippen LogP contribution in [0.15, 0.2) is 12.4 Å². The van der Waals surface area contributed by atoms with Crippen molar-refractivity contribution in [3.8, 4) is 0 Å². The number of rotatable bonds is 2. The second-order valence-electron chi connectivity index (χ2n) is 5.07. The number of nitrogens with one attached hydrogen (secondary N) is 2. The molecule has 1 amide bonds. The molecule has 0 saturated carbocycles. The molecule has 0 radical (unpaired) electrons. The van der Waals surface area contributed by atoms with Gasteiger partial charge in [-0.15, -0.1) is 24.8 Å². The molecule has 0 aromatic carbocycles. The van der Waals surface area contributed by atoms with Gasteiger partial charge in [0.1, 0.15) is 0 Å². The summed E-state index contributed by atoms with van der Waals surface area (Å²) in [5.41, 5.74) is 5.87. The number of nitrogen functional groups attached to an aromatic ring is 1. The number of halogens is 2. The predicted octanol–water partition coefficient (Wildman–Crippen LogP) is 0.915. The van der Waals surface area contributed by atoms with Crippen LogP contribution < -0.4 is 16.4 Å². The van der Waals surface area contributed by atoms with Crippen LogP contribution in [0.1, 0.15) is 36.2 Å². The maximum atomic E-state index is 12.1. The number of hydrogen-bond donors (Lipinski definition) is 3. The van der Waals surface area contributed by atoms with Crippen LogP contribution in [0, 0.1) is 0 Å². The molecule has 2 saturated heterocycles. The van der Waals surface area contributed by atoms with Crippen molar-refractivity contribution in [2.45, 2.75) is 43.8 Å². The zero-order valence-electron chi connectivity index (χ0n) is 10.9. The number of piperidine rings is 1. The van der Waals surface area contributed by atoms with Crippen molar-refractivity contribution in [1.29, 1.82) is 0 Å².